The zero-order chi connectivity index (χ0) is 11.5. The summed E-state index contributed by atoms with van der Waals surface area (Å²) in [5, 5.41) is 3.83. The Kier molecular flexibility index (Phi) is 3.50. The van der Waals surface area contributed by atoms with Gasteiger partial charge in [0.2, 0.25) is 0 Å². The summed E-state index contributed by atoms with van der Waals surface area (Å²) in [6.45, 7) is 6.51. The third-order valence-electron chi connectivity index (χ3n) is 2.91. The van der Waals surface area contributed by atoms with Gasteiger partial charge in [0.25, 0.3) is 0 Å². The molecule has 0 aromatic rings. The molecule has 4 nitrogen and oxygen atoms in total. The lowest BCUT2D eigenvalue weighted by Crippen LogP contribution is -2.26. The fraction of sp³-hybridized carbons (Fsp3) is 0.636. The highest BCUT2D eigenvalue weighted by atomic mass is 16.2. The first-order valence-corrected chi connectivity index (χ1v) is 5.22. The van der Waals surface area contributed by atoms with Crippen LogP contribution in [0.1, 0.15) is 40.0 Å². The number of carbonyl (C=O) groups excluding carboxylic acids is 1. The van der Waals surface area contributed by atoms with Crippen molar-refractivity contribution in [3.05, 3.63) is 11.1 Å². The van der Waals surface area contributed by atoms with Crippen LogP contribution in [0.4, 0.5) is 4.79 Å². The minimum Gasteiger partial charge on any atom is -0.350 e. The lowest BCUT2D eigenvalue weighted by atomic mass is 9.73. The summed E-state index contributed by atoms with van der Waals surface area (Å²) in [6.07, 6.45) is 5.21. The monoisotopic (exact) mass is 209 g/mol. The fourth-order valence-electron chi connectivity index (χ4n) is 2.09. The summed E-state index contributed by atoms with van der Waals surface area (Å²) in [4.78, 5) is 10.5. The molecule has 0 unspecified atom stereocenters. The first-order valence-electron chi connectivity index (χ1n) is 5.22. The van der Waals surface area contributed by atoms with Gasteiger partial charge < -0.3 is 5.73 Å². The number of hydrazone groups is 1. The number of urea groups is 1. The van der Waals surface area contributed by atoms with Gasteiger partial charge in [0, 0.05) is 0 Å². The van der Waals surface area contributed by atoms with Crippen molar-refractivity contribution in [2.45, 2.75) is 40.0 Å². The molecule has 0 aromatic heterocycles. The Morgan fingerprint density at radius 3 is 2.80 bits per heavy atom. The van der Waals surface area contributed by atoms with Crippen LogP contribution in [0.25, 0.3) is 0 Å². The molecule has 0 spiro atoms. The van der Waals surface area contributed by atoms with Crippen molar-refractivity contribution in [1.82, 2.24) is 5.43 Å². The largest absolute Gasteiger partial charge is 0.350 e. The number of rotatable bonds is 2. The quantitative estimate of drug-likeness (QED) is 0.531. The van der Waals surface area contributed by atoms with E-state index in [1.54, 1.807) is 6.21 Å². The van der Waals surface area contributed by atoms with Gasteiger partial charge in [0.1, 0.15) is 0 Å². The molecule has 1 aliphatic carbocycles. The highest BCUT2D eigenvalue weighted by Gasteiger charge is 2.27. The summed E-state index contributed by atoms with van der Waals surface area (Å²) < 4.78 is 0. The highest BCUT2D eigenvalue weighted by Crippen LogP contribution is 2.38. The predicted octanol–water partition coefficient (Wildman–Crippen LogP) is 2.17. The second-order valence-corrected chi connectivity index (χ2v) is 4.67. The van der Waals surface area contributed by atoms with Gasteiger partial charge in [-0.3, -0.25) is 0 Å². The Balaban J connectivity index is 2.80. The average Bonchev–Trinajstić information content (AvgIpc) is 2.09. The SMILES string of the molecule is CC1=C(/C=N/NC(N)=O)C(C)(C)CCC1. The van der Waals surface area contributed by atoms with E-state index in [0.29, 0.717) is 0 Å². The second kappa shape index (κ2) is 4.47. The van der Waals surface area contributed by atoms with Crippen molar-refractivity contribution in [2.24, 2.45) is 16.3 Å². The van der Waals surface area contributed by atoms with Gasteiger partial charge >= 0.3 is 6.03 Å². The second-order valence-electron chi connectivity index (χ2n) is 4.67. The van der Waals surface area contributed by atoms with Crippen molar-refractivity contribution in [3.63, 3.8) is 0 Å². The molecule has 4 heteroatoms. The van der Waals surface area contributed by atoms with E-state index in [-0.39, 0.29) is 5.41 Å². The molecule has 0 saturated carbocycles. The van der Waals surface area contributed by atoms with Gasteiger partial charge in [-0.05, 0) is 37.2 Å². The van der Waals surface area contributed by atoms with E-state index < -0.39 is 6.03 Å². The van der Waals surface area contributed by atoms with E-state index in [9.17, 15) is 4.79 Å². The summed E-state index contributed by atoms with van der Waals surface area (Å²) in [5.41, 5.74) is 9.86. The van der Waals surface area contributed by atoms with Crippen LogP contribution in [0.15, 0.2) is 16.2 Å². The van der Waals surface area contributed by atoms with Crippen LogP contribution in [0, 0.1) is 5.41 Å². The zero-order valence-electron chi connectivity index (χ0n) is 9.63. The maximum atomic E-state index is 10.5. The molecule has 0 bridgehead atoms. The number of nitrogens with zero attached hydrogens (tertiary/aromatic N) is 1. The maximum Gasteiger partial charge on any atom is 0.332 e. The van der Waals surface area contributed by atoms with Gasteiger partial charge in [-0.15, -0.1) is 0 Å². The molecule has 3 N–H and O–H groups in total. The smallest absolute Gasteiger partial charge is 0.332 e. The number of primary amides is 1. The number of amides is 2. The van der Waals surface area contributed by atoms with E-state index in [4.69, 9.17) is 5.73 Å². The Labute approximate surface area is 90.6 Å². The lowest BCUT2D eigenvalue weighted by molar-refractivity contribution is 0.249. The van der Waals surface area contributed by atoms with Crippen molar-refractivity contribution >= 4 is 12.2 Å². The third kappa shape index (κ3) is 3.08. The summed E-state index contributed by atoms with van der Waals surface area (Å²) in [7, 11) is 0. The molecule has 0 fully saturated rings. The minimum absolute atomic E-state index is 0.144. The Hall–Kier alpha value is -1.32. The van der Waals surface area contributed by atoms with Gasteiger partial charge in [0.15, 0.2) is 0 Å². The van der Waals surface area contributed by atoms with Crippen LogP contribution in [0.2, 0.25) is 0 Å². The third-order valence-corrected chi connectivity index (χ3v) is 2.91. The van der Waals surface area contributed by atoms with Crippen molar-refractivity contribution in [2.75, 3.05) is 0 Å². The summed E-state index contributed by atoms with van der Waals surface area (Å²) in [6, 6.07) is -0.627. The molecule has 1 rings (SSSR count). The zero-order valence-corrected chi connectivity index (χ0v) is 9.63. The van der Waals surface area contributed by atoms with E-state index in [0.717, 1.165) is 12.8 Å². The van der Waals surface area contributed by atoms with Crippen LogP contribution in [-0.2, 0) is 0 Å². The average molecular weight is 209 g/mol. The van der Waals surface area contributed by atoms with Crippen molar-refractivity contribution < 1.29 is 4.79 Å². The number of hydrogen-bond donors (Lipinski definition) is 2. The maximum absolute atomic E-state index is 10.5. The normalized spacial score (nSPS) is 20.7. The van der Waals surface area contributed by atoms with E-state index in [1.165, 1.54) is 17.6 Å². The Bertz CT molecular complexity index is 316. The molecule has 15 heavy (non-hydrogen) atoms. The van der Waals surface area contributed by atoms with E-state index in [1.807, 2.05) is 0 Å². The van der Waals surface area contributed by atoms with Crippen LogP contribution in [-0.4, -0.2) is 12.2 Å². The minimum atomic E-state index is -0.627. The number of nitrogens with two attached hydrogens (primary N) is 1. The van der Waals surface area contributed by atoms with E-state index >= 15 is 0 Å². The lowest BCUT2D eigenvalue weighted by Gasteiger charge is -2.32. The predicted molar refractivity (Wildman–Crippen MR) is 61.5 cm³/mol. The molecule has 0 saturated heterocycles. The molecule has 1 aliphatic rings. The van der Waals surface area contributed by atoms with Crippen LogP contribution >= 0.6 is 0 Å². The molecular weight excluding hydrogens is 190 g/mol. The fourth-order valence-corrected chi connectivity index (χ4v) is 2.09. The van der Waals surface area contributed by atoms with Gasteiger partial charge in [-0.2, -0.15) is 5.10 Å². The number of hydrogen-bond acceptors (Lipinski definition) is 2. The van der Waals surface area contributed by atoms with Crippen molar-refractivity contribution in [3.8, 4) is 0 Å². The molecule has 0 radical (unpaired) electrons. The molecule has 84 valence electrons. The number of nitrogens with one attached hydrogen (secondary N) is 1. The highest BCUT2D eigenvalue weighted by molar-refractivity contribution is 5.83. The first kappa shape index (κ1) is 11.8. The topological polar surface area (TPSA) is 67.5 Å². The van der Waals surface area contributed by atoms with Crippen LogP contribution in [0.5, 0.6) is 0 Å². The Morgan fingerprint density at radius 1 is 1.60 bits per heavy atom. The number of carbonyl (C=O) groups is 1. The molecule has 0 heterocycles. The Morgan fingerprint density at radius 2 is 2.27 bits per heavy atom. The number of allylic oxidation sites excluding steroid dienone is 2. The summed E-state index contributed by atoms with van der Waals surface area (Å²) >= 11 is 0. The molecule has 2 amide bonds. The van der Waals surface area contributed by atoms with Crippen molar-refractivity contribution in [1.29, 1.82) is 0 Å². The van der Waals surface area contributed by atoms with Gasteiger partial charge in [0.05, 0.1) is 6.21 Å². The van der Waals surface area contributed by atoms with Crippen LogP contribution in [0.3, 0.4) is 0 Å². The molecule has 0 aliphatic heterocycles. The standard InChI is InChI=1S/C11H19N3O/c1-8-5-4-6-11(2,3)9(8)7-13-14-10(12)15/h7H,4-6H2,1-3H3,(H3,12,14,15)/b13-7+. The molecule has 0 atom stereocenters. The molecule has 0 aromatic carbocycles. The molecular formula is C11H19N3O. The van der Waals surface area contributed by atoms with Gasteiger partial charge in [-0.1, -0.05) is 19.4 Å². The summed E-state index contributed by atoms with van der Waals surface area (Å²) in [5.74, 6) is 0. The van der Waals surface area contributed by atoms with E-state index in [2.05, 4.69) is 31.3 Å². The van der Waals surface area contributed by atoms with Crippen LogP contribution < -0.4 is 11.2 Å². The van der Waals surface area contributed by atoms with Gasteiger partial charge in [-0.25, -0.2) is 10.2 Å². The first-order chi connectivity index (χ1) is 6.93.